The summed E-state index contributed by atoms with van der Waals surface area (Å²) in [7, 11) is 1.86. The van der Waals surface area contributed by atoms with Crippen molar-refractivity contribution in [3.8, 4) is 11.1 Å². The third kappa shape index (κ3) is 7.82. The van der Waals surface area contributed by atoms with E-state index in [9.17, 15) is 14.0 Å². The number of halogens is 1. The topological polar surface area (TPSA) is 95.1 Å². The molecule has 3 N–H and O–H groups in total. The minimum absolute atomic E-state index is 0.199. The first kappa shape index (κ1) is 27.2. The molecule has 1 aliphatic rings. The van der Waals surface area contributed by atoms with E-state index >= 15 is 0 Å². The molecular weight excluding hydrogens is 481 g/mol. The van der Waals surface area contributed by atoms with Crippen LogP contribution in [0.3, 0.4) is 0 Å². The second-order valence-electron chi connectivity index (χ2n) is 8.22. The van der Waals surface area contributed by atoms with Crippen molar-refractivity contribution >= 4 is 36.2 Å². The van der Waals surface area contributed by atoms with E-state index in [0.29, 0.717) is 11.3 Å². The summed E-state index contributed by atoms with van der Waals surface area (Å²) in [5.74, 6) is 0.347. The zero-order chi connectivity index (χ0) is 25.9. The van der Waals surface area contributed by atoms with Gasteiger partial charge in [-0.15, -0.1) is 11.8 Å². The summed E-state index contributed by atoms with van der Waals surface area (Å²) < 4.78 is 20.2. The van der Waals surface area contributed by atoms with Crippen molar-refractivity contribution in [2.24, 2.45) is 4.99 Å². The number of benzene rings is 2. The molecule has 0 aromatic heterocycles. The number of hydrogen-bond donors (Lipinski definition) is 3. The average molecular weight is 514 g/mol. The maximum Gasteiger partial charge on any atom is 0.414 e. The van der Waals surface area contributed by atoms with E-state index in [1.807, 2.05) is 31.3 Å². The minimum Gasteiger partial charge on any atom is -0.442 e. The third-order valence-electron chi connectivity index (χ3n) is 5.52. The number of hydrogen-bond acceptors (Lipinski definition) is 7. The van der Waals surface area contributed by atoms with Crippen LogP contribution < -0.4 is 20.9 Å². The van der Waals surface area contributed by atoms with E-state index in [1.165, 1.54) is 17.9 Å². The van der Waals surface area contributed by atoms with Gasteiger partial charge in [-0.2, -0.15) is 0 Å². The summed E-state index contributed by atoms with van der Waals surface area (Å²) in [6, 6.07) is 12.5. The zero-order valence-electron chi connectivity index (χ0n) is 20.6. The SMILES string of the molecule is C=N/C=C(\NC)SCCCNCc1ccc(-c2ccc(N3C[C@H](CNC(C)=O)OC3=O)cc2F)cc1. The number of carbonyl (C=O) groups excluding carboxylic acids is 2. The van der Waals surface area contributed by atoms with Crippen molar-refractivity contribution in [3.63, 3.8) is 0 Å². The van der Waals surface area contributed by atoms with E-state index in [2.05, 4.69) is 27.7 Å². The van der Waals surface area contributed by atoms with E-state index < -0.39 is 18.0 Å². The van der Waals surface area contributed by atoms with Crippen LogP contribution in [0.25, 0.3) is 11.1 Å². The van der Waals surface area contributed by atoms with Gasteiger partial charge in [0.05, 0.1) is 30.0 Å². The predicted octanol–water partition coefficient (Wildman–Crippen LogP) is 3.89. The number of aliphatic imine (C=N–C) groups is 1. The molecule has 0 radical (unpaired) electrons. The highest BCUT2D eigenvalue weighted by Gasteiger charge is 2.32. The number of carbonyl (C=O) groups is 2. The molecule has 0 spiro atoms. The Balaban J connectivity index is 1.50. The number of ether oxygens (including phenoxy) is 1. The van der Waals surface area contributed by atoms with E-state index in [-0.39, 0.29) is 19.0 Å². The van der Waals surface area contributed by atoms with Crippen LogP contribution in [0.15, 0.2) is 58.7 Å². The lowest BCUT2D eigenvalue weighted by Gasteiger charge is -2.15. The Bertz CT molecular complexity index is 1090. The van der Waals surface area contributed by atoms with Gasteiger partial charge >= 0.3 is 6.09 Å². The van der Waals surface area contributed by atoms with E-state index in [0.717, 1.165) is 41.4 Å². The summed E-state index contributed by atoms with van der Waals surface area (Å²) in [5.41, 5.74) is 2.75. The van der Waals surface area contributed by atoms with Crippen molar-refractivity contribution in [1.82, 2.24) is 16.0 Å². The van der Waals surface area contributed by atoms with Crippen LogP contribution in [0.4, 0.5) is 14.9 Å². The molecule has 2 aromatic carbocycles. The van der Waals surface area contributed by atoms with Crippen molar-refractivity contribution in [1.29, 1.82) is 0 Å². The van der Waals surface area contributed by atoms with Crippen LogP contribution in [-0.2, 0) is 16.1 Å². The quantitative estimate of drug-likeness (QED) is 0.278. The lowest BCUT2D eigenvalue weighted by atomic mass is 10.0. The molecule has 1 heterocycles. The lowest BCUT2D eigenvalue weighted by molar-refractivity contribution is -0.119. The van der Waals surface area contributed by atoms with Gasteiger partial charge in [-0.25, -0.2) is 9.18 Å². The van der Waals surface area contributed by atoms with Gasteiger partial charge in [0.2, 0.25) is 5.91 Å². The van der Waals surface area contributed by atoms with Gasteiger partial charge in [-0.1, -0.05) is 24.3 Å². The first-order valence-electron chi connectivity index (χ1n) is 11.7. The molecule has 2 aromatic rings. The number of anilines is 1. The average Bonchev–Trinajstić information content (AvgIpc) is 3.25. The van der Waals surface area contributed by atoms with Crippen molar-refractivity contribution < 1.29 is 18.7 Å². The van der Waals surface area contributed by atoms with Gasteiger partial charge in [-0.05, 0) is 49.0 Å². The first-order chi connectivity index (χ1) is 17.4. The van der Waals surface area contributed by atoms with Crippen molar-refractivity contribution in [3.05, 3.63) is 65.1 Å². The van der Waals surface area contributed by atoms with Gasteiger partial charge in [0.15, 0.2) is 0 Å². The normalized spacial score (nSPS) is 15.5. The molecule has 2 amide bonds. The summed E-state index contributed by atoms with van der Waals surface area (Å²) in [6.45, 7) is 6.94. The van der Waals surface area contributed by atoms with Crippen molar-refractivity contribution in [2.75, 3.05) is 37.3 Å². The van der Waals surface area contributed by atoms with Crippen LogP contribution in [0.2, 0.25) is 0 Å². The molecule has 1 aliphatic heterocycles. The van der Waals surface area contributed by atoms with Crippen LogP contribution in [-0.4, -0.2) is 57.3 Å². The van der Waals surface area contributed by atoms with Crippen LogP contribution >= 0.6 is 11.8 Å². The van der Waals surface area contributed by atoms with Crippen LogP contribution in [0, 0.1) is 5.82 Å². The molecule has 0 aliphatic carbocycles. The molecule has 3 rings (SSSR count). The summed E-state index contributed by atoms with van der Waals surface area (Å²) in [6.07, 6.45) is 1.69. The van der Waals surface area contributed by atoms with Crippen LogP contribution in [0.1, 0.15) is 18.9 Å². The Labute approximate surface area is 215 Å². The molecule has 1 atom stereocenters. The third-order valence-corrected chi connectivity index (χ3v) is 6.63. The molecule has 0 bridgehead atoms. The fraction of sp³-hybridized carbons (Fsp3) is 0.346. The Morgan fingerprint density at radius 1 is 1.31 bits per heavy atom. The van der Waals surface area contributed by atoms with Gasteiger partial charge in [0.25, 0.3) is 0 Å². The molecule has 36 heavy (non-hydrogen) atoms. The molecular formula is C26H32FN5O3S. The zero-order valence-corrected chi connectivity index (χ0v) is 21.4. The minimum atomic E-state index is -0.555. The molecule has 1 fully saturated rings. The monoisotopic (exact) mass is 513 g/mol. The maximum atomic E-state index is 15.0. The van der Waals surface area contributed by atoms with Gasteiger partial charge in [-0.3, -0.25) is 14.7 Å². The Morgan fingerprint density at radius 3 is 2.75 bits per heavy atom. The molecule has 0 unspecified atom stereocenters. The highest BCUT2D eigenvalue weighted by molar-refractivity contribution is 8.03. The maximum absolute atomic E-state index is 15.0. The smallest absolute Gasteiger partial charge is 0.414 e. The fourth-order valence-corrected chi connectivity index (χ4v) is 4.48. The largest absolute Gasteiger partial charge is 0.442 e. The van der Waals surface area contributed by atoms with Gasteiger partial charge in [0, 0.05) is 31.8 Å². The molecule has 10 heteroatoms. The Morgan fingerprint density at radius 2 is 2.08 bits per heavy atom. The van der Waals surface area contributed by atoms with Gasteiger partial charge < -0.3 is 20.7 Å². The molecule has 192 valence electrons. The second kappa shape index (κ2) is 13.6. The number of thioether (sulfide) groups is 1. The van der Waals surface area contributed by atoms with Gasteiger partial charge in [0.1, 0.15) is 11.9 Å². The molecule has 1 saturated heterocycles. The predicted molar refractivity (Wildman–Crippen MR) is 144 cm³/mol. The highest BCUT2D eigenvalue weighted by atomic mass is 32.2. The highest BCUT2D eigenvalue weighted by Crippen LogP contribution is 2.29. The molecule has 0 saturated carbocycles. The second-order valence-corrected chi connectivity index (χ2v) is 9.36. The number of nitrogens with zero attached hydrogens (tertiary/aromatic N) is 2. The fourth-order valence-electron chi connectivity index (χ4n) is 3.67. The Hall–Kier alpha value is -3.37. The van der Waals surface area contributed by atoms with E-state index in [1.54, 1.807) is 30.1 Å². The number of rotatable bonds is 13. The van der Waals surface area contributed by atoms with E-state index in [4.69, 9.17) is 4.74 Å². The number of cyclic esters (lactones) is 1. The summed E-state index contributed by atoms with van der Waals surface area (Å²) in [5, 5.41) is 10.1. The summed E-state index contributed by atoms with van der Waals surface area (Å²) in [4.78, 5) is 28.4. The molecule has 8 nitrogen and oxygen atoms in total. The lowest BCUT2D eigenvalue weighted by Crippen LogP contribution is -2.33. The van der Waals surface area contributed by atoms with Crippen molar-refractivity contribution in [2.45, 2.75) is 26.0 Å². The number of nitrogens with one attached hydrogen (secondary N) is 3. The number of amides is 2. The Kier molecular flexibility index (Phi) is 10.3. The van der Waals surface area contributed by atoms with Crippen LogP contribution in [0.5, 0.6) is 0 Å². The standard InChI is InChI=1S/C26H32FN5O3S/c1-18(33)31-15-22-17-32(26(34)35-22)21-9-10-23(24(27)13-21)20-7-5-19(6-8-20)14-30-11-4-12-36-25(29-3)16-28-2/h5-10,13,16,22,29-30H,2,4,11-12,14-15,17H2,1,3H3,(H,31,33)/b25-16+/t22-/m0/s1. The first-order valence-corrected chi connectivity index (χ1v) is 12.7. The summed E-state index contributed by atoms with van der Waals surface area (Å²) >= 11 is 1.70.